The molecule has 1 aromatic carbocycles. The summed E-state index contributed by atoms with van der Waals surface area (Å²) in [6.45, 7) is 0. The minimum absolute atomic E-state index is 0.789. The molecule has 0 atom stereocenters. The van der Waals surface area contributed by atoms with Gasteiger partial charge in [0.1, 0.15) is 5.58 Å². The molecular weight excluding hydrogens is 162 g/mol. The molecule has 0 radical (unpaired) electrons. The molecule has 0 saturated carbocycles. The maximum absolute atomic E-state index is 5.46. The summed E-state index contributed by atoms with van der Waals surface area (Å²) < 4.78 is 6.25. The van der Waals surface area contributed by atoms with E-state index in [9.17, 15) is 0 Å². The van der Waals surface area contributed by atoms with Crippen LogP contribution >= 0.6 is 0 Å². The third kappa shape index (κ3) is 1.33. The fourth-order valence-electron chi connectivity index (χ4n) is 1.48. The molecule has 0 saturated heterocycles. The third-order valence-corrected chi connectivity index (χ3v) is 2.18. The number of benzene rings is 1. The SMILES string of the molecule is C[N+](C)(C)c1coc2ccccc12. The van der Waals surface area contributed by atoms with Crippen LogP contribution < -0.4 is 4.48 Å². The van der Waals surface area contributed by atoms with Crippen molar-refractivity contribution in [1.82, 2.24) is 4.48 Å². The number of nitrogens with zero attached hydrogens (tertiary/aromatic N) is 1. The van der Waals surface area contributed by atoms with Gasteiger partial charge in [-0.05, 0) is 12.1 Å². The third-order valence-electron chi connectivity index (χ3n) is 2.18. The zero-order valence-corrected chi connectivity index (χ0v) is 8.24. The summed E-state index contributed by atoms with van der Waals surface area (Å²) in [5, 5.41) is 1.20. The first-order valence-electron chi connectivity index (χ1n) is 4.37. The van der Waals surface area contributed by atoms with Crippen LogP contribution in [0, 0.1) is 0 Å². The van der Waals surface area contributed by atoms with Gasteiger partial charge in [0.15, 0.2) is 12.0 Å². The van der Waals surface area contributed by atoms with Crippen molar-refractivity contribution < 1.29 is 4.42 Å². The monoisotopic (exact) mass is 176 g/mol. The second-order valence-corrected chi connectivity index (χ2v) is 4.13. The van der Waals surface area contributed by atoms with Crippen LogP contribution in [-0.2, 0) is 0 Å². The van der Waals surface area contributed by atoms with E-state index in [1.165, 1.54) is 11.1 Å². The van der Waals surface area contributed by atoms with Gasteiger partial charge in [-0.15, -0.1) is 0 Å². The van der Waals surface area contributed by atoms with Crippen molar-refractivity contribution in [2.45, 2.75) is 0 Å². The molecule has 0 fully saturated rings. The highest BCUT2D eigenvalue weighted by Crippen LogP contribution is 2.29. The lowest BCUT2D eigenvalue weighted by atomic mass is 10.2. The molecule has 0 amide bonds. The van der Waals surface area contributed by atoms with Crippen molar-refractivity contribution >= 4 is 16.7 Å². The number of hydrogen-bond donors (Lipinski definition) is 0. The second-order valence-electron chi connectivity index (χ2n) is 4.13. The van der Waals surface area contributed by atoms with E-state index in [0.29, 0.717) is 0 Å². The maximum atomic E-state index is 5.46. The van der Waals surface area contributed by atoms with E-state index in [1.54, 1.807) is 0 Å². The van der Waals surface area contributed by atoms with Gasteiger partial charge in [-0.1, -0.05) is 12.1 Å². The van der Waals surface area contributed by atoms with Crippen LogP contribution in [0.25, 0.3) is 11.0 Å². The molecule has 0 N–H and O–H groups in total. The van der Waals surface area contributed by atoms with Crippen molar-refractivity contribution in [3.05, 3.63) is 30.5 Å². The van der Waals surface area contributed by atoms with E-state index in [-0.39, 0.29) is 0 Å². The topological polar surface area (TPSA) is 13.1 Å². The van der Waals surface area contributed by atoms with Crippen molar-refractivity contribution in [3.8, 4) is 0 Å². The highest BCUT2D eigenvalue weighted by Gasteiger charge is 2.18. The predicted molar refractivity (Wildman–Crippen MR) is 55.8 cm³/mol. The number of fused-ring (bicyclic) bond motifs is 1. The molecule has 0 bridgehead atoms. The quantitative estimate of drug-likeness (QED) is 0.609. The summed E-state index contributed by atoms with van der Waals surface area (Å²) >= 11 is 0. The first-order valence-corrected chi connectivity index (χ1v) is 4.37. The van der Waals surface area contributed by atoms with Gasteiger partial charge in [-0.25, -0.2) is 0 Å². The van der Waals surface area contributed by atoms with Gasteiger partial charge in [0.25, 0.3) is 0 Å². The van der Waals surface area contributed by atoms with Crippen LogP contribution in [0.1, 0.15) is 0 Å². The standard InChI is InChI=1S/C11H14NO/c1-12(2,3)10-8-13-11-7-5-4-6-9(10)11/h4-8H,1-3H3/q+1. The molecule has 0 aliphatic carbocycles. The average Bonchev–Trinajstić information content (AvgIpc) is 2.45. The van der Waals surface area contributed by atoms with Gasteiger partial charge in [0.05, 0.1) is 26.5 Å². The number of hydrogen-bond acceptors (Lipinski definition) is 1. The first-order chi connectivity index (χ1) is 6.09. The van der Waals surface area contributed by atoms with E-state index in [4.69, 9.17) is 4.42 Å². The van der Waals surface area contributed by atoms with Gasteiger partial charge in [-0.2, -0.15) is 0 Å². The molecule has 2 aromatic rings. The normalized spacial score (nSPS) is 12.2. The molecule has 1 heterocycles. The van der Waals surface area contributed by atoms with Gasteiger partial charge in [-0.3, -0.25) is 4.48 Å². The van der Waals surface area contributed by atoms with Crippen LogP contribution in [0.2, 0.25) is 0 Å². The summed E-state index contributed by atoms with van der Waals surface area (Å²) in [6.07, 6.45) is 1.84. The van der Waals surface area contributed by atoms with Crippen LogP contribution in [0.4, 0.5) is 5.69 Å². The Morgan fingerprint density at radius 3 is 2.46 bits per heavy atom. The van der Waals surface area contributed by atoms with Gasteiger partial charge >= 0.3 is 0 Å². The molecule has 0 unspecified atom stereocenters. The fourth-order valence-corrected chi connectivity index (χ4v) is 1.48. The lowest BCUT2D eigenvalue weighted by Crippen LogP contribution is -2.34. The summed E-state index contributed by atoms with van der Waals surface area (Å²) in [4.78, 5) is 0. The number of rotatable bonds is 1. The summed E-state index contributed by atoms with van der Waals surface area (Å²) in [7, 11) is 6.41. The summed E-state index contributed by atoms with van der Waals surface area (Å²) in [5.74, 6) is 0. The van der Waals surface area contributed by atoms with Crippen molar-refractivity contribution in [1.29, 1.82) is 0 Å². The fraction of sp³-hybridized carbons (Fsp3) is 0.273. The van der Waals surface area contributed by atoms with E-state index in [2.05, 4.69) is 27.2 Å². The molecule has 1 aromatic heterocycles. The number of quaternary nitrogens is 1. The predicted octanol–water partition coefficient (Wildman–Crippen LogP) is 2.63. The summed E-state index contributed by atoms with van der Waals surface area (Å²) in [5.41, 5.74) is 2.18. The Labute approximate surface area is 78.0 Å². The van der Waals surface area contributed by atoms with Gasteiger partial charge in [0, 0.05) is 0 Å². The zero-order valence-electron chi connectivity index (χ0n) is 8.24. The second kappa shape index (κ2) is 2.60. The van der Waals surface area contributed by atoms with E-state index >= 15 is 0 Å². The Morgan fingerprint density at radius 2 is 1.77 bits per heavy atom. The maximum Gasteiger partial charge on any atom is 0.178 e. The molecule has 0 aliphatic rings. The Balaban J connectivity index is 2.72. The molecular formula is C11H14NO+. The van der Waals surface area contributed by atoms with Gasteiger partial charge < -0.3 is 4.42 Å². The van der Waals surface area contributed by atoms with E-state index in [0.717, 1.165) is 10.1 Å². The minimum atomic E-state index is 0.789. The Kier molecular flexibility index (Phi) is 1.67. The Morgan fingerprint density at radius 1 is 1.08 bits per heavy atom. The number of para-hydroxylation sites is 1. The largest absolute Gasteiger partial charge is 0.458 e. The highest BCUT2D eigenvalue weighted by molar-refractivity contribution is 5.89. The Bertz CT molecular complexity index is 423. The molecule has 13 heavy (non-hydrogen) atoms. The molecule has 0 aliphatic heterocycles. The Hall–Kier alpha value is -1.28. The molecule has 2 rings (SSSR count). The molecule has 2 heteroatoms. The van der Waals surface area contributed by atoms with Crippen molar-refractivity contribution in [3.63, 3.8) is 0 Å². The minimum Gasteiger partial charge on any atom is -0.458 e. The van der Waals surface area contributed by atoms with Crippen LogP contribution in [-0.4, -0.2) is 21.1 Å². The highest BCUT2D eigenvalue weighted by atomic mass is 16.3. The van der Waals surface area contributed by atoms with E-state index in [1.807, 2.05) is 24.5 Å². The van der Waals surface area contributed by atoms with Gasteiger partial charge in [0.2, 0.25) is 0 Å². The molecule has 2 nitrogen and oxygen atoms in total. The lowest BCUT2D eigenvalue weighted by molar-refractivity contribution is 0.479. The van der Waals surface area contributed by atoms with Crippen LogP contribution in [0.15, 0.2) is 34.9 Å². The summed E-state index contributed by atoms with van der Waals surface area (Å²) in [6, 6.07) is 8.12. The van der Waals surface area contributed by atoms with Crippen molar-refractivity contribution in [2.75, 3.05) is 21.1 Å². The molecule has 68 valence electrons. The average molecular weight is 176 g/mol. The smallest absolute Gasteiger partial charge is 0.178 e. The van der Waals surface area contributed by atoms with E-state index < -0.39 is 0 Å². The van der Waals surface area contributed by atoms with Crippen molar-refractivity contribution in [2.24, 2.45) is 0 Å². The van der Waals surface area contributed by atoms with Crippen LogP contribution in [0.3, 0.4) is 0 Å². The number of furan rings is 1. The zero-order chi connectivity index (χ0) is 9.47. The lowest BCUT2D eigenvalue weighted by Gasteiger charge is -2.21. The molecule has 0 spiro atoms. The van der Waals surface area contributed by atoms with Crippen LogP contribution in [0.5, 0.6) is 0 Å². The first kappa shape index (κ1) is 8.32.